The van der Waals surface area contributed by atoms with Gasteiger partial charge in [0.1, 0.15) is 23.3 Å². The zero-order valence-electron chi connectivity index (χ0n) is 15.1. The van der Waals surface area contributed by atoms with Gasteiger partial charge in [-0.3, -0.25) is 0 Å². The average Bonchev–Trinajstić information content (AvgIpc) is 3.10. The van der Waals surface area contributed by atoms with Crippen LogP contribution in [0.2, 0.25) is 0 Å². The second-order valence-electron chi connectivity index (χ2n) is 6.82. The third kappa shape index (κ3) is 4.14. The smallest absolute Gasteiger partial charge is 0.339 e. The number of benzene rings is 2. The molecule has 2 aromatic rings. The molecule has 158 valence electrons. The Hall–Kier alpha value is -2.98. The van der Waals surface area contributed by atoms with Crippen molar-refractivity contribution in [1.82, 2.24) is 0 Å². The van der Waals surface area contributed by atoms with Gasteiger partial charge in [-0.25, -0.2) is 27.2 Å². The summed E-state index contributed by atoms with van der Waals surface area (Å²) in [5, 5.41) is 0. The van der Waals surface area contributed by atoms with Crippen molar-refractivity contribution in [3.05, 3.63) is 70.8 Å². The standard InChI is InChI=1S/C20H14F4O6/c21-11-1-9(2-12(22)5-11)7-27-17-15-16(30-19(17)25)18(20(26)29-15)28-8-10-3-13(23)6-14(24)4-10/h1-6,15-18H,7-8H2/t15-,16-,17-,18-/m1/s1. The summed E-state index contributed by atoms with van der Waals surface area (Å²) in [4.78, 5) is 24.2. The van der Waals surface area contributed by atoms with Gasteiger partial charge in [-0.15, -0.1) is 0 Å². The van der Waals surface area contributed by atoms with Gasteiger partial charge in [-0.05, 0) is 35.4 Å². The third-order valence-corrected chi connectivity index (χ3v) is 4.59. The lowest BCUT2D eigenvalue weighted by molar-refractivity contribution is -0.165. The van der Waals surface area contributed by atoms with Crippen molar-refractivity contribution in [3.63, 3.8) is 0 Å². The molecule has 0 unspecified atom stereocenters. The summed E-state index contributed by atoms with van der Waals surface area (Å²) < 4.78 is 74.1. The van der Waals surface area contributed by atoms with Gasteiger partial charge >= 0.3 is 11.9 Å². The highest BCUT2D eigenvalue weighted by molar-refractivity contribution is 5.85. The fourth-order valence-electron chi connectivity index (χ4n) is 3.36. The number of hydrogen-bond acceptors (Lipinski definition) is 6. The van der Waals surface area contributed by atoms with Gasteiger partial charge < -0.3 is 18.9 Å². The highest BCUT2D eigenvalue weighted by Gasteiger charge is 2.59. The molecular formula is C20H14F4O6. The SMILES string of the molecule is O=C1O[C@@H]2[C@@H](OC(=O)[C@@H]2OCc2cc(F)cc(F)c2)[C@H]1OCc1cc(F)cc(F)c1. The fraction of sp³-hybridized carbons (Fsp3) is 0.300. The first-order chi connectivity index (χ1) is 14.3. The predicted molar refractivity (Wildman–Crippen MR) is 89.6 cm³/mol. The number of carbonyl (C=O) groups excluding carboxylic acids is 2. The molecule has 0 aliphatic carbocycles. The molecule has 2 aromatic carbocycles. The molecule has 0 radical (unpaired) electrons. The van der Waals surface area contributed by atoms with E-state index in [1.54, 1.807) is 0 Å². The number of halogens is 4. The van der Waals surface area contributed by atoms with Gasteiger partial charge in [0, 0.05) is 12.1 Å². The van der Waals surface area contributed by atoms with E-state index in [0.29, 0.717) is 12.1 Å². The summed E-state index contributed by atoms with van der Waals surface area (Å²) in [6.07, 6.45) is -4.88. The Kier molecular flexibility index (Phi) is 5.44. The molecule has 4 atom stereocenters. The summed E-state index contributed by atoms with van der Waals surface area (Å²) in [6, 6.07) is 5.51. The van der Waals surface area contributed by atoms with Crippen molar-refractivity contribution >= 4 is 11.9 Å². The van der Waals surface area contributed by atoms with Crippen LogP contribution in [0.4, 0.5) is 17.6 Å². The molecule has 0 N–H and O–H groups in total. The number of fused-ring (bicyclic) bond motifs is 1. The van der Waals surface area contributed by atoms with Crippen LogP contribution in [0.1, 0.15) is 11.1 Å². The van der Waals surface area contributed by atoms with Gasteiger partial charge in [-0.1, -0.05) is 0 Å². The van der Waals surface area contributed by atoms with E-state index in [0.717, 1.165) is 24.3 Å². The number of esters is 2. The molecule has 30 heavy (non-hydrogen) atoms. The lowest BCUT2D eigenvalue weighted by atomic mass is 10.1. The van der Waals surface area contributed by atoms with Crippen molar-refractivity contribution in [2.24, 2.45) is 0 Å². The second kappa shape index (κ2) is 8.04. The van der Waals surface area contributed by atoms with E-state index >= 15 is 0 Å². The molecule has 6 nitrogen and oxygen atoms in total. The third-order valence-electron chi connectivity index (χ3n) is 4.59. The first kappa shape index (κ1) is 20.3. The Morgan fingerprint density at radius 1 is 0.633 bits per heavy atom. The summed E-state index contributed by atoms with van der Waals surface area (Å²) in [5.41, 5.74) is 0.267. The van der Waals surface area contributed by atoms with Crippen LogP contribution >= 0.6 is 0 Å². The zero-order chi connectivity index (χ0) is 21.4. The topological polar surface area (TPSA) is 71.1 Å². The molecule has 0 spiro atoms. The molecule has 2 saturated heterocycles. The van der Waals surface area contributed by atoms with Crippen molar-refractivity contribution in [2.75, 3.05) is 0 Å². The average molecular weight is 426 g/mol. The molecule has 0 saturated carbocycles. The van der Waals surface area contributed by atoms with Gasteiger partial charge in [0.05, 0.1) is 13.2 Å². The Bertz CT molecular complexity index is 877. The molecule has 0 bridgehead atoms. The first-order valence-electron chi connectivity index (χ1n) is 8.84. The highest BCUT2D eigenvalue weighted by Crippen LogP contribution is 2.33. The van der Waals surface area contributed by atoms with Crippen LogP contribution < -0.4 is 0 Å². The Morgan fingerprint density at radius 2 is 0.967 bits per heavy atom. The minimum atomic E-state index is -1.31. The highest BCUT2D eigenvalue weighted by atomic mass is 19.1. The van der Waals surface area contributed by atoms with E-state index in [-0.39, 0.29) is 24.3 Å². The van der Waals surface area contributed by atoms with Gasteiger partial charge in [0.15, 0.2) is 24.4 Å². The molecule has 10 heteroatoms. The number of rotatable bonds is 6. The van der Waals surface area contributed by atoms with E-state index in [9.17, 15) is 27.2 Å². The van der Waals surface area contributed by atoms with Crippen LogP contribution in [0.5, 0.6) is 0 Å². The summed E-state index contributed by atoms with van der Waals surface area (Å²) in [7, 11) is 0. The van der Waals surface area contributed by atoms with Crippen LogP contribution in [-0.2, 0) is 41.8 Å². The number of carbonyl (C=O) groups is 2. The van der Waals surface area contributed by atoms with Crippen LogP contribution in [-0.4, -0.2) is 36.4 Å². The van der Waals surface area contributed by atoms with E-state index in [4.69, 9.17) is 18.9 Å². The molecule has 2 fully saturated rings. The maximum atomic E-state index is 13.3. The van der Waals surface area contributed by atoms with Crippen molar-refractivity contribution in [2.45, 2.75) is 37.6 Å². The van der Waals surface area contributed by atoms with Gasteiger partial charge in [0.25, 0.3) is 0 Å². The van der Waals surface area contributed by atoms with Crippen LogP contribution in [0.25, 0.3) is 0 Å². The van der Waals surface area contributed by atoms with Gasteiger partial charge in [-0.2, -0.15) is 0 Å². The van der Waals surface area contributed by atoms with E-state index in [1.165, 1.54) is 0 Å². The van der Waals surface area contributed by atoms with Crippen LogP contribution in [0, 0.1) is 23.3 Å². The zero-order valence-corrected chi connectivity index (χ0v) is 15.1. The molecule has 4 rings (SSSR count). The molecule has 2 heterocycles. The van der Waals surface area contributed by atoms with Crippen molar-refractivity contribution < 1.29 is 46.1 Å². The molecular weight excluding hydrogens is 412 g/mol. The largest absolute Gasteiger partial charge is 0.453 e. The number of hydrogen-bond donors (Lipinski definition) is 0. The van der Waals surface area contributed by atoms with E-state index in [1.807, 2.05) is 0 Å². The van der Waals surface area contributed by atoms with Gasteiger partial charge in [0.2, 0.25) is 0 Å². The fourth-order valence-corrected chi connectivity index (χ4v) is 3.36. The molecule has 2 aliphatic rings. The lowest BCUT2D eigenvalue weighted by Crippen LogP contribution is -2.34. The summed E-state index contributed by atoms with van der Waals surface area (Å²) >= 11 is 0. The quantitative estimate of drug-likeness (QED) is 0.523. The molecule has 0 amide bonds. The minimum absolute atomic E-state index is 0.133. The summed E-state index contributed by atoms with van der Waals surface area (Å²) in [5.74, 6) is -4.91. The Morgan fingerprint density at radius 3 is 1.30 bits per heavy atom. The second-order valence-corrected chi connectivity index (χ2v) is 6.82. The maximum Gasteiger partial charge on any atom is 0.339 e. The predicted octanol–water partition coefficient (Wildman–Crippen LogP) is 2.56. The maximum absolute atomic E-state index is 13.3. The number of ether oxygens (including phenoxy) is 4. The Labute approximate surface area is 167 Å². The first-order valence-corrected chi connectivity index (χ1v) is 8.84. The van der Waals surface area contributed by atoms with Crippen molar-refractivity contribution in [3.8, 4) is 0 Å². The monoisotopic (exact) mass is 426 g/mol. The summed E-state index contributed by atoms with van der Waals surface area (Å²) in [6.45, 7) is -0.660. The van der Waals surface area contributed by atoms with E-state index in [2.05, 4.69) is 0 Å². The Balaban J connectivity index is 1.41. The normalized spacial score (nSPS) is 25.2. The van der Waals surface area contributed by atoms with E-state index < -0.39 is 59.6 Å². The minimum Gasteiger partial charge on any atom is -0.453 e. The lowest BCUT2D eigenvalue weighted by Gasteiger charge is -2.14. The molecule has 0 aromatic heterocycles. The van der Waals surface area contributed by atoms with Crippen LogP contribution in [0.15, 0.2) is 36.4 Å². The molecule has 2 aliphatic heterocycles. The van der Waals surface area contributed by atoms with Crippen molar-refractivity contribution in [1.29, 1.82) is 0 Å². The van der Waals surface area contributed by atoms with Crippen LogP contribution in [0.3, 0.4) is 0 Å².